The molecular formula is C55H72Cl2N2O39. The van der Waals surface area contributed by atoms with Gasteiger partial charge in [0.05, 0.1) is 64.3 Å². The van der Waals surface area contributed by atoms with Gasteiger partial charge in [0, 0.05) is 46.7 Å². The number of hydrogen-bond acceptors (Lipinski definition) is 41. The molecule has 43 heteroatoms. The smallest absolute Gasteiger partial charge is 0.463 e. The lowest BCUT2D eigenvalue weighted by Gasteiger charge is -2.09. The first-order chi connectivity index (χ1) is 46.9. The number of carbonyl (C=O) groups excluding carboxylic acids is 14. The predicted molar refractivity (Wildman–Crippen MR) is 306 cm³/mol. The molecule has 7 aliphatic rings. The second-order valence-corrected chi connectivity index (χ2v) is 19.3. The minimum absolute atomic E-state index is 0.00336. The monoisotopic (exact) mass is 1450 g/mol. The highest BCUT2D eigenvalue weighted by Gasteiger charge is 2.38. The quantitative estimate of drug-likeness (QED) is 0.0566. The number of carbonyl (C=O) groups is 14. The Morgan fingerprint density at radius 3 is 0.969 bits per heavy atom. The van der Waals surface area contributed by atoms with E-state index in [1.54, 1.807) is 13.2 Å². The van der Waals surface area contributed by atoms with Crippen LogP contribution in [0.15, 0.2) is 10.6 Å². The van der Waals surface area contributed by atoms with E-state index in [0.29, 0.717) is 58.7 Å². The normalized spacial score (nSPS) is 19.9. The van der Waals surface area contributed by atoms with Crippen molar-refractivity contribution in [2.45, 2.75) is 102 Å². The van der Waals surface area contributed by atoms with Crippen LogP contribution in [0.2, 0.25) is 0 Å². The van der Waals surface area contributed by atoms with Gasteiger partial charge in [-0.05, 0) is 27.2 Å². The average Bonchev–Trinajstić information content (AvgIpc) is 2.74. The van der Waals surface area contributed by atoms with E-state index in [-0.39, 0.29) is 110 Å². The highest BCUT2D eigenvalue weighted by atomic mass is 35.5. The van der Waals surface area contributed by atoms with Crippen molar-refractivity contribution in [2.24, 2.45) is 0 Å². The van der Waals surface area contributed by atoms with Crippen molar-refractivity contribution in [3.63, 3.8) is 0 Å². The van der Waals surface area contributed by atoms with E-state index < -0.39 is 128 Å². The van der Waals surface area contributed by atoms with E-state index in [1.165, 1.54) is 13.2 Å². The van der Waals surface area contributed by atoms with Crippen LogP contribution >= 0.6 is 23.2 Å². The maximum Gasteiger partial charge on any atom is 0.509 e. The van der Waals surface area contributed by atoms with Crippen LogP contribution in [0.3, 0.4) is 0 Å². The Morgan fingerprint density at radius 2 is 0.694 bits per heavy atom. The number of methoxy groups -OCH3 is 2. The van der Waals surface area contributed by atoms with Crippen LogP contribution in [0.25, 0.3) is 0 Å². The van der Waals surface area contributed by atoms with Crippen molar-refractivity contribution in [1.82, 2.24) is 0 Å². The first-order valence-electron chi connectivity index (χ1n) is 28.8. The standard InChI is InChI=1S/C9H14O6.C8H8Cl2O5.C8H9NO5.2C8H12O6.C7H7NO5.C7H10O6/c1-6(2)12-3-4-13-8(10)7-5-14-9(11)15-7;9-6(10)2-1-3-13-7(11)5-4-14-8(12)15-5;9-3-1-2-4-12-7(10)6-5-13-8(11)14-6;1-11-3-2-4-12-7(9)6-5-13-8(10)14-6;1-2-11-3-4-12-7(9)6-5-13-8(10)14-6;8-2-1-3-11-6(9)5-4-12-7(10)13-5;1-10-2-3-11-6(8)5-4-12-7(9)13-5/h6-7H,3-5H2,1-2H3;2,5H,1,3-4H2;6H,1-2,4-5H2;2*6H,2-5H2,1H3;5H,1,3-4H2;5H,2-4H2,1H3. The van der Waals surface area contributed by atoms with E-state index in [2.05, 4.69) is 75.8 Å². The van der Waals surface area contributed by atoms with Crippen LogP contribution in [0.5, 0.6) is 0 Å². The Labute approximate surface area is 566 Å². The molecule has 7 unspecified atom stereocenters. The number of nitrogens with zero attached hydrogens (tertiary/aromatic N) is 2. The number of halogens is 2. The molecule has 41 nitrogen and oxygen atoms in total. The number of hydrogen-bond donors (Lipinski definition) is 0. The number of cyclic esters (lactones) is 14. The molecule has 7 rings (SSSR count). The topological polar surface area (TPSA) is 517 Å². The largest absolute Gasteiger partial charge is 0.509 e. The second kappa shape index (κ2) is 52.5. The van der Waals surface area contributed by atoms with Gasteiger partial charge in [-0.25, -0.2) is 67.1 Å². The van der Waals surface area contributed by atoms with E-state index >= 15 is 0 Å². The highest BCUT2D eigenvalue weighted by Crippen LogP contribution is 2.14. The van der Waals surface area contributed by atoms with Gasteiger partial charge in [-0.2, -0.15) is 10.5 Å². The van der Waals surface area contributed by atoms with Crippen molar-refractivity contribution < 1.29 is 186 Å². The summed E-state index contributed by atoms with van der Waals surface area (Å²) in [6.45, 7) is 8.01. The van der Waals surface area contributed by atoms with Crippen LogP contribution in [-0.2, 0) is 152 Å². The van der Waals surface area contributed by atoms with Crippen LogP contribution in [0.1, 0.15) is 52.9 Å². The highest BCUT2D eigenvalue weighted by molar-refractivity contribution is 6.55. The van der Waals surface area contributed by atoms with Crippen molar-refractivity contribution >= 4 is 108 Å². The van der Waals surface area contributed by atoms with Crippen LogP contribution in [-0.4, -0.2) is 273 Å². The first-order valence-corrected chi connectivity index (χ1v) is 29.6. The van der Waals surface area contributed by atoms with Crippen molar-refractivity contribution in [3.8, 4) is 12.1 Å². The van der Waals surface area contributed by atoms with Crippen LogP contribution < -0.4 is 0 Å². The van der Waals surface area contributed by atoms with Gasteiger partial charge in [0.1, 0.15) is 77.2 Å². The molecule has 7 saturated heterocycles. The number of rotatable bonds is 30. The van der Waals surface area contributed by atoms with Gasteiger partial charge in [-0.15, -0.1) is 0 Å². The summed E-state index contributed by atoms with van der Waals surface area (Å²) in [6, 6.07) is 3.72. The fourth-order valence-electron chi connectivity index (χ4n) is 5.98. The molecule has 7 atom stereocenters. The van der Waals surface area contributed by atoms with Crippen LogP contribution in [0, 0.1) is 22.7 Å². The number of unbranched alkanes of at least 4 members (excludes halogenated alkanes) is 1. The van der Waals surface area contributed by atoms with Crippen LogP contribution in [0.4, 0.5) is 33.6 Å². The van der Waals surface area contributed by atoms with Gasteiger partial charge >= 0.3 is 84.9 Å². The summed E-state index contributed by atoms with van der Waals surface area (Å²) in [7, 11) is 3.06. The minimum Gasteiger partial charge on any atom is -0.463 e. The van der Waals surface area contributed by atoms with E-state index in [1.807, 2.05) is 26.8 Å². The molecular weight excluding hydrogens is 1380 g/mol. The molecule has 0 aromatic heterocycles. The Bertz CT molecular complexity index is 2630. The SMILES string of the molecule is CC(C)OCCOC(=O)C1COC(=O)O1.CCOCCOC(=O)C1COC(=O)O1.COCCCOC(=O)C1COC(=O)O1.COCCOC(=O)C1COC(=O)O1.N#CCCCOC(=O)C1COC(=O)O1.N#CCCOC(=O)C1COC(=O)O1.O=C1OCC(C(=O)OCCC=C(Cl)Cl)O1. The van der Waals surface area contributed by atoms with Gasteiger partial charge in [0.15, 0.2) is 0 Å². The van der Waals surface area contributed by atoms with Crippen molar-refractivity contribution in [2.75, 3.05) is 140 Å². The molecule has 0 N–H and O–H groups in total. The number of ether oxygens (including phenoxy) is 25. The van der Waals surface area contributed by atoms with Gasteiger partial charge < -0.3 is 118 Å². The number of nitriles is 2. The summed E-state index contributed by atoms with van der Waals surface area (Å²) in [5.74, 6) is -4.34. The summed E-state index contributed by atoms with van der Waals surface area (Å²) >= 11 is 10.7. The van der Waals surface area contributed by atoms with Gasteiger partial charge in [0.2, 0.25) is 42.7 Å². The molecule has 0 amide bonds. The Hall–Kier alpha value is -9.68. The first kappa shape index (κ1) is 86.3. The maximum absolute atomic E-state index is 11.2. The lowest BCUT2D eigenvalue weighted by atomic mass is 10.3. The van der Waals surface area contributed by atoms with Crippen molar-refractivity contribution in [1.29, 1.82) is 10.5 Å². The lowest BCUT2D eigenvalue weighted by Crippen LogP contribution is -2.27. The van der Waals surface area contributed by atoms with Gasteiger partial charge in [-0.3, -0.25) is 0 Å². The minimum atomic E-state index is -0.980. The zero-order valence-corrected chi connectivity index (χ0v) is 54.8. The molecule has 0 radical (unpaired) electrons. The Kier molecular flexibility index (Phi) is 46.3. The van der Waals surface area contributed by atoms with E-state index in [9.17, 15) is 67.1 Å². The lowest BCUT2D eigenvalue weighted by molar-refractivity contribution is -0.154. The molecule has 0 spiro atoms. The summed E-state index contributed by atoms with van der Waals surface area (Å²) in [5.41, 5.74) is 0. The third-order valence-corrected chi connectivity index (χ3v) is 10.8. The molecule has 7 heterocycles. The zero-order chi connectivity index (χ0) is 73.0. The summed E-state index contributed by atoms with van der Waals surface area (Å²) < 4.78 is 115. The molecule has 550 valence electrons. The molecule has 98 heavy (non-hydrogen) atoms. The fraction of sp³-hybridized carbons (Fsp3) is 0.673. The Balaban J connectivity index is 0.000000572. The molecule has 0 bridgehead atoms. The molecule has 0 aliphatic carbocycles. The third kappa shape index (κ3) is 41.3. The zero-order valence-electron chi connectivity index (χ0n) is 53.2. The fourth-order valence-corrected chi connectivity index (χ4v) is 6.20. The molecule has 7 fully saturated rings. The average molecular weight is 1460 g/mol. The molecule has 0 saturated carbocycles. The van der Waals surface area contributed by atoms with Gasteiger partial charge in [0.25, 0.3) is 0 Å². The molecule has 0 aromatic carbocycles. The van der Waals surface area contributed by atoms with E-state index in [4.69, 9.17) is 76.4 Å². The second-order valence-electron chi connectivity index (χ2n) is 18.3. The Morgan fingerprint density at radius 1 is 0.408 bits per heavy atom. The van der Waals surface area contributed by atoms with E-state index in [0.717, 1.165) is 0 Å². The maximum atomic E-state index is 11.2. The molecule has 7 aliphatic heterocycles. The molecule has 0 aromatic rings. The third-order valence-electron chi connectivity index (χ3n) is 10.5. The predicted octanol–water partition coefficient (Wildman–Crippen LogP) is 2.53. The summed E-state index contributed by atoms with van der Waals surface area (Å²) in [6.07, 6.45) is -9.01. The van der Waals surface area contributed by atoms with Gasteiger partial charge in [-0.1, -0.05) is 29.3 Å². The van der Waals surface area contributed by atoms with Crippen molar-refractivity contribution in [3.05, 3.63) is 10.6 Å². The summed E-state index contributed by atoms with van der Waals surface area (Å²) in [5, 5.41) is 16.3. The summed E-state index contributed by atoms with van der Waals surface area (Å²) in [4.78, 5) is 151. The number of esters is 7.